The van der Waals surface area contributed by atoms with Gasteiger partial charge in [0, 0.05) is 52.2 Å². The zero-order valence-corrected chi connectivity index (χ0v) is 32.6. The number of carbonyl (C=O) groups is 5. The van der Waals surface area contributed by atoms with E-state index in [0.29, 0.717) is 45.3 Å². The molecule has 6 N–H and O–H groups in total. The van der Waals surface area contributed by atoms with Crippen LogP contribution in [0.4, 0.5) is 43.7 Å². The maximum atomic E-state index is 12.4. The van der Waals surface area contributed by atoms with Gasteiger partial charge in [-0.05, 0) is 126 Å². The number of benzene rings is 4. The lowest BCUT2D eigenvalue weighted by atomic mass is 10.1. The SMILES string of the molecule is CC(=O)Nc1cccc(C(=O)Nc2ccc(NC(=O)OC(C)(C)C)cc2)c1.CC(C)(C)OC(=O)Nc1ccc(NC(=O)c2cccc(NS(C)(=O)=O)c2)cc1. The fourth-order valence-corrected chi connectivity index (χ4v) is 4.96. The number of ether oxygens (including phenoxy) is 2. The van der Waals surface area contributed by atoms with Crippen LogP contribution in [0.1, 0.15) is 69.2 Å². The molecule has 0 aliphatic rings. The zero-order valence-electron chi connectivity index (χ0n) is 31.8. The largest absolute Gasteiger partial charge is 0.444 e. The van der Waals surface area contributed by atoms with Crippen LogP contribution in [0.2, 0.25) is 0 Å². The summed E-state index contributed by atoms with van der Waals surface area (Å²) in [6, 6.07) is 25.9. The average molecular weight is 775 g/mol. The predicted octanol–water partition coefficient (Wildman–Crippen LogP) is 7.90. The molecule has 0 heterocycles. The van der Waals surface area contributed by atoms with Gasteiger partial charge >= 0.3 is 12.2 Å². The summed E-state index contributed by atoms with van der Waals surface area (Å²) in [6.07, 6.45) is -0.0827. The molecule has 0 aliphatic carbocycles. The molecule has 0 bridgehead atoms. The minimum absolute atomic E-state index is 0.208. The maximum absolute atomic E-state index is 12.4. The Bertz CT molecular complexity index is 2110. The summed E-state index contributed by atoms with van der Waals surface area (Å²) in [5.41, 5.74) is 2.53. The van der Waals surface area contributed by atoms with Crippen molar-refractivity contribution in [1.82, 2.24) is 0 Å². The number of rotatable bonds is 9. The molecule has 0 spiro atoms. The van der Waals surface area contributed by atoms with E-state index < -0.39 is 39.3 Å². The Morgan fingerprint density at radius 1 is 0.491 bits per heavy atom. The van der Waals surface area contributed by atoms with Crippen LogP contribution in [0.15, 0.2) is 97.1 Å². The van der Waals surface area contributed by atoms with E-state index in [-0.39, 0.29) is 11.8 Å². The van der Waals surface area contributed by atoms with Crippen molar-refractivity contribution in [3.05, 3.63) is 108 Å². The first-order chi connectivity index (χ1) is 25.5. The van der Waals surface area contributed by atoms with Gasteiger partial charge in [0.2, 0.25) is 15.9 Å². The van der Waals surface area contributed by atoms with E-state index >= 15 is 0 Å². The van der Waals surface area contributed by atoms with Gasteiger partial charge in [-0.1, -0.05) is 12.1 Å². The van der Waals surface area contributed by atoms with Crippen molar-refractivity contribution < 1.29 is 41.9 Å². The molecular formula is C39H46N6O9S. The first-order valence-electron chi connectivity index (χ1n) is 16.8. The van der Waals surface area contributed by atoms with Crippen molar-refractivity contribution in [1.29, 1.82) is 0 Å². The molecule has 0 aromatic heterocycles. The lowest BCUT2D eigenvalue weighted by Gasteiger charge is -2.19. The van der Waals surface area contributed by atoms with Crippen LogP contribution < -0.4 is 31.3 Å². The number of anilines is 6. The van der Waals surface area contributed by atoms with Gasteiger partial charge in [-0.25, -0.2) is 18.0 Å². The summed E-state index contributed by atoms with van der Waals surface area (Å²) in [5, 5.41) is 13.3. The molecule has 0 fully saturated rings. The van der Waals surface area contributed by atoms with E-state index in [1.165, 1.54) is 13.0 Å². The lowest BCUT2D eigenvalue weighted by molar-refractivity contribution is -0.114. The number of hydrogen-bond acceptors (Lipinski definition) is 9. The minimum atomic E-state index is -3.43. The van der Waals surface area contributed by atoms with Crippen LogP contribution in [-0.4, -0.2) is 55.8 Å². The third-order valence-corrected chi connectivity index (χ3v) is 7.06. The van der Waals surface area contributed by atoms with E-state index in [2.05, 4.69) is 31.3 Å². The zero-order chi connectivity index (χ0) is 41.0. The molecule has 16 heteroatoms. The summed E-state index contributed by atoms with van der Waals surface area (Å²) in [6.45, 7) is 12.1. The van der Waals surface area contributed by atoms with Crippen molar-refractivity contribution in [2.45, 2.75) is 59.7 Å². The van der Waals surface area contributed by atoms with Crippen LogP contribution in [0.25, 0.3) is 0 Å². The topological polar surface area (TPSA) is 210 Å². The van der Waals surface area contributed by atoms with Gasteiger partial charge in [-0.3, -0.25) is 29.7 Å². The van der Waals surface area contributed by atoms with Gasteiger partial charge < -0.3 is 25.4 Å². The van der Waals surface area contributed by atoms with Gasteiger partial charge in [-0.15, -0.1) is 0 Å². The van der Waals surface area contributed by atoms with Crippen molar-refractivity contribution in [2.24, 2.45) is 0 Å². The van der Waals surface area contributed by atoms with E-state index in [1.807, 2.05) is 0 Å². The number of sulfonamides is 1. The molecule has 15 nitrogen and oxygen atoms in total. The fraction of sp³-hybridized carbons (Fsp3) is 0.256. The second kappa shape index (κ2) is 18.6. The quantitative estimate of drug-likeness (QED) is 0.0975. The highest BCUT2D eigenvalue weighted by molar-refractivity contribution is 7.92. The molecule has 0 saturated heterocycles. The second-order valence-corrected chi connectivity index (χ2v) is 15.8. The second-order valence-electron chi connectivity index (χ2n) is 14.0. The van der Waals surface area contributed by atoms with Crippen LogP contribution in [0.3, 0.4) is 0 Å². The van der Waals surface area contributed by atoms with Gasteiger partial charge in [0.15, 0.2) is 0 Å². The van der Waals surface area contributed by atoms with Gasteiger partial charge in [-0.2, -0.15) is 0 Å². The smallest absolute Gasteiger partial charge is 0.412 e. The molecule has 0 aliphatic heterocycles. The van der Waals surface area contributed by atoms with Crippen LogP contribution >= 0.6 is 0 Å². The van der Waals surface area contributed by atoms with Crippen molar-refractivity contribution in [3.8, 4) is 0 Å². The van der Waals surface area contributed by atoms with E-state index in [1.54, 1.807) is 133 Å². The summed E-state index contributed by atoms with van der Waals surface area (Å²) >= 11 is 0. The van der Waals surface area contributed by atoms with Crippen LogP contribution in [0.5, 0.6) is 0 Å². The third-order valence-electron chi connectivity index (χ3n) is 6.45. The van der Waals surface area contributed by atoms with Gasteiger partial charge in [0.25, 0.3) is 11.8 Å². The maximum Gasteiger partial charge on any atom is 0.412 e. The Morgan fingerprint density at radius 2 is 0.836 bits per heavy atom. The highest BCUT2D eigenvalue weighted by Gasteiger charge is 2.17. The van der Waals surface area contributed by atoms with Crippen molar-refractivity contribution >= 4 is 74.1 Å². The third kappa shape index (κ3) is 16.9. The van der Waals surface area contributed by atoms with E-state index in [9.17, 15) is 32.4 Å². The highest BCUT2D eigenvalue weighted by atomic mass is 32.2. The molecule has 5 amide bonds. The first kappa shape index (κ1) is 43.0. The Morgan fingerprint density at radius 3 is 1.18 bits per heavy atom. The molecule has 4 aromatic rings. The van der Waals surface area contributed by atoms with Crippen LogP contribution in [0, 0.1) is 0 Å². The highest BCUT2D eigenvalue weighted by Crippen LogP contribution is 2.20. The van der Waals surface area contributed by atoms with Crippen molar-refractivity contribution in [3.63, 3.8) is 0 Å². The summed E-state index contributed by atoms with van der Waals surface area (Å²) in [4.78, 5) is 59.4. The molecule has 4 rings (SSSR count). The Kier molecular flexibility index (Phi) is 14.5. The van der Waals surface area contributed by atoms with E-state index in [4.69, 9.17) is 9.47 Å². The Balaban J connectivity index is 0.000000296. The first-order valence-corrected chi connectivity index (χ1v) is 18.7. The standard InChI is InChI=1S/C20H23N3O4.C19H23N3O5S/c1-13(24)21-17-7-5-6-14(12-17)18(25)22-15-8-10-16(11-9-15)23-19(26)27-20(2,3)4;1-19(2,3)27-18(24)21-15-10-8-14(9-11-15)20-17(23)13-6-5-7-16(12-13)22-28(4,25)26/h5-12H,1-4H3,(H,21,24)(H,22,25)(H,23,26);5-12,22H,1-4H3,(H,20,23)(H,21,24). The molecule has 292 valence electrons. The number of nitrogens with one attached hydrogen (secondary N) is 6. The number of hydrogen-bond donors (Lipinski definition) is 6. The molecule has 55 heavy (non-hydrogen) atoms. The summed E-state index contributed by atoms with van der Waals surface area (Å²) < 4.78 is 35.3. The number of amides is 5. The lowest BCUT2D eigenvalue weighted by Crippen LogP contribution is -2.27. The summed E-state index contributed by atoms with van der Waals surface area (Å²) in [5.74, 6) is -0.916. The minimum Gasteiger partial charge on any atom is -0.444 e. The average Bonchev–Trinajstić information content (AvgIpc) is 3.04. The predicted molar refractivity (Wildman–Crippen MR) is 214 cm³/mol. The fourth-order valence-electron chi connectivity index (χ4n) is 4.40. The molecule has 0 saturated carbocycles. The van der Waals surface area contributed by atoms with Crippen molar-refractivity contribution in [2.75, 3.05) is 37.6 Å². The Hall–Kier alpha value is -6.42. The van der Waals surface area contributed by atoms with Gasteiger partial charge in [0.1, 0.15) is 11.2 Å². The molecule has 4 aromatic carbocycles. The monoisotopic (exact) mass is 774 g/mol. The summed E-state index contributed by atoms with van der Waals surface area (Å²) in [7, 11) is -3.43. The Labute approximate surface area is 320 Å². The molecular weight excluding hydrogens is 729 g/mol. The van der Waals surface area contributed by atoms with E-state index in [0.717, 1.165) is 6.26 Å². The molecule has 0 unspecified atom stereocenters. The number of carbonyl (C=O) groups excluding carboxylic acids is 5. The van der Waals surface area contributed by atoms with Gasteiger partial charge in [0.05, 0.1) is 6.26 Å². The molecule has 0 atom stereocenters. The van der Waals surface area contributed by atoms with Crippen LogP contribution in [-0.2, 0) is 24.3 Å². The normalized spacial score (nSPS) is 11.1. The molecule has 0 radical (unpaired) electrons.